The molecule has 0 fully saturated rings. The van der Waals surface area contributed by atoms with Gasteiger partial charge in [-0.05, 0) is 53.8 Å². The number of nitrogens with zero attached hydrogens (tertiary/aromatic N) is 2. The Balaban J connectivity index is 2.19. The highest BCUT2D eigenvalue weighted by Gasteiger charge is 2.10. The molecule has 0 bridgehead atoms. The zero-order valence-electron chi connectivity index (χ0n) is 14.4. The number of allylic oxidation sites excluding steroid dienone is 5. The average molecular weight is 393 g/mol. The van der Waals surface area contributed by atoms with Crippen molar-refractivity contribution >= 4 is 27.7 Å². The predicted molar refractivity (Wildman–Crippen MR) is 103 cm³/mol. The van der Waals surface area contributed by atoms with Gasteiger partial charge < -0.3 is 15.7 Å². The molecule has 2 rings (SSSR count). The fourth-order valence-corrected chi connectivity index (χ4v) is 2.64. The number of aliphatic hydroxyl groups is 1. The van der Waals surface area contributed by atoms with Crippen molar-refractivity contribution in [2.45, 2.75) is 46.1 Å². The van der Waals surface area contributed by atoms with Gasteiger partial charge in [0.1, 0.15) is 5.82 Å². The van der Waals surface area contributed by atoms with Crippen LogP contribution in [-0.4, -0.2) is 27.7 Å². The van der Waals surface area contributed by atoms with E-state index in [2.05, 4.69) is 68.6 Å². The van der Waals surface area contributed by atoms with Crippen LogP contribution in [0.15, 0.2) is 45.7 Å². The summed E-state index contributed by atoms with van der Waals surface area (Å²) >= 11 is 3.43. The molecule has 0 radical (unpaired) electrons. The molecule has 0 aromatic carbocycles. The Morgan fingerprint density at radius 3 is 2.75 bits per heavy atom. The maximum absolute atomic E-state index is 9.19. The Hall–Kier alpha value is -1.66. The minimum atomic E-state index is -0.0796. The van der Waals surface area contributed by atoms with Crippen molar-refractivity contribution in [1.82, 2.24) is 9.97 Å². The van der Waals surface area contributed by atoms with Crippen molar-refractivity contribution in [1.29, 1.82) is 0 Å². The molecule has 0 saturated carbocycles. The topological polar surface area (TPSA) is 70.1 Å². The first-order chi connectivity index (χ1) is 11.5. The number of halogens is 1. The number of anilines is 2. The van der Waals surface area contributed by atoms with Gasteiger partial charge in [-0.25, -0.2) is 4.98 Å². The fourth-order valence-electron chi connectivity index (χ4n) is 2.34. The van der Waals surface area contributed by atoms with Crippen molar-refractivity contribution in [3.63, 3.8) is 0 Å². The third-order valence-electron chi connectivity index (χ3n) is 3.83. The summed E-state index contributed by atoms with van der Waals surface area (Å²) in [6.45, 7) is 6.28. The van der Waals surface area contributed by atoms with Gasteiger partial charge >= 0.3 is 0 Å². The highest BCUT2D eigenvalue weighted by molar-refractivity contribution is 9.10. The molecule has 6 heteroatoms. The van der Waals surface area contributed by atoms with Gasteiger partial charge in [-0.3, -0.25) is 0 Å². The van der Waals surface area contributed by atoms with Crippen LogP contribution in [0.1, 0.15) is 40.0 Å². The van der Waals surface area contributed by atoms with Gasteiger partial charge in [-0.2, -0.15) is 4.98 Å². The van der Waals surface area contributed by atoms with E-state index in [-0.39, 0.29) is 12.6 Å². The number of hydrogen-bond donors (Lipinski definition) is 3. The van der Waals surface area contributed by atoms with E-state index in [0.717, 1.165) is 29.4 Å². The molecule has 0 unspecified atom stereocenters. The van der Waals surface area contributed by atoms with E-state index in [0.29, 0.717) is 11.8 Å². The van der Waals surface area contributed by atoms with Gasteiger partial charge in [0.15, 0.2) is 0 Å². The molecular formula is C18H25BrN4O. The third kappa shape index (κ3) is 5.18. The minimum Gasteiger partial charge on any atom is -0.394 e. The van der Waals surface area contributed by atoms with Crippen LogP contribution < -0.4 is 10.6 Å². The van der Waals surface area contributed by atoms with E-state index >= 15 is 0 Å². The molecule has 1 aliphatic rings. The largest absolute Gasteiger partial charge is 0.394 e. The Labute approximate surface area is 152 Å². The molecule has 1 aromatic rings. The molecule has 130 valence electrons. The predicted octanol–water partition coefficient (Wildman–Crippen LogP) is 4.40. The molecule has 1 aliphatic carbocycles. The average Bonchev–Trinajstić information content (AvgIpc) is 2.79. The van der Waals surface area contributed by atoms with Crippen molar-refractivity contribution in [3.8, 4) is 0 Å². The Bertz CT molecular complexity index is 667. The normalized spacial score (nSPS) is 15.8. The molecular weight excluding hydrogens is 368 g/mol. The number of aromatic nitrogens is 2. The van der Waals surface area contributed by atoms with E-state index in [1.807, 2.05) is 6.92 Å². The minimum absolute atomic E-state index is 0.0401. The van der Waals surface area contributed by atoms with Crippen LogP contribution in [0.2, 0.25) is 0 Å². The first kappa shape index (κ1) is 18.7. The van der Waals surface area contributed by atoms with Gasteiger partial charge in [0.25, 0.3) is 0 Å². The van der Waals surface area contributed by atoms with E-state index in [1.54, 1.807) is 6.20 Å². The molecule has 0 saturated heterocycles. The summed E-state index contributed by atoms with van der Waals surface area (Å²) in [5, 5.41) is 15.6. The zero-order valence-corrected chi connectivity index (χ0v) is 16.0. The number of rotatable bonds is 7. The molecule has 1 atom stereocenters. The summed E-state index contributed by atoms with van der Waals surface area (Å²) in [5.41, 5.74) is 3.73. The summed E-state index contributed by atoms with van der Waals surface area (Å²) < 4.78 is 0.767. The second-order valence-electron chi connectivity index (χ2n) is 5.84. The zero-order chi connectivity index (χ0) is 17.5. The van der Waals surface area contributed by atoms with Crippen LogP contribution in [0, 0.1) is 0 Å². The second-order valence-corrected chi connectivity index (χ2v) is 6.69. The molecule has 0 aliphatic heterocycles. The Morgan fingerprint density at radius 2 is 2.08 bits per heavy atom. The van der Waals surface area contributed by atoms with Gasteiger partial charge in [0.05, 0.1) is 11.1 Å². The molecule has 5 nitrogen and oxygen atoms in total. The Morgan fingerprint density at radius 1 is 1.29 bits per heavy atom. The van der Waals surface area contributed by atoms with Gasteiger partial charge in [0, 0.05) is 17.9 Å². The van der Waals surface area contributed by atoms with E-state index in [1.165, 1.54) is 11.1 Å². The molecule has 3 N–H and O–H groups in total. The first-order valence-corrected chi connectivity index (χ1v) is 9.12. The summed E-state index contributed by atoms with van der Waals surface area (Å²) in [4.78, 5) is 8.82. The lowest BCUT2D eigenvalue weighted by atomic mass is 10.1. The van der Waals surface area contributed by atoms with Crippen molar-refractivity contribution in [2.24, 2.45) is 0 Å². The first-order valence-electron chi connectivity index (χ1n) is 8.32. The highest BCUT2D eigenvalue weighted by atomic mass is 79.9. The fraction of sp³-hybridized carbons (Fsp3) is 0.444. The lowest BCUT2D eigenvalue weighted by molar-refractivity contribution is 0.281. The number of hydrogen-bond acceptors (Lipinski definition) is 5. The van der Waals surface area contributed by atoms with E-state index in [9.17, 15) is 5.11 Å². The standard InChI is InChI=1S/C18H25BrN4O/c1-4-13-6-7-15(9-14(5-2)8-13)22-18-20-10-16(19)17(23-18)21-12(3)11-24/h7-10,12,24H,4-6,11H2,1-3H3,(H2,20,21,22,23)/t12-/m1/s1. The lowest BCUT2D eigenvalue weighted by Gasteiger charge is -2.14. The van der Waals surface area contributed by atoms with Gasteiger partial charge in [-0.15, -0.1) is 0 Å². The molecule has 1 aromatic heterocycles. The summed E-state index contributed by atoms with van der Waals surface area (Å²) in [6.07, 6.45) is 11.3. The molecule has 1 heterocycles. The van der Waals surface area contributed by atoms with E-state index in [4.69, 9.17) is 0 Å². The van der Waals surface area contributed by atoms with Crippen molar-refractivity contribution < 1.29 is 5.11 Å². The second kappa shape index (κ2) is 8.99. The Kier molecular flexibility index (Phi) is 6.99. The quantitative estimate of drug-likeness (QED) is 0.641. The molecule has 0 amide bonds. The van der Waals surface area contributed by atoms with Crippen LogP contribution in [0.25, 0.3) is 0 Å². The van der Waals surface area contributed by atoms with Gasteiger partial charge in [-0.1, -0.05) is 31.6 Å². The van der Waals surface area contributed by atoms with Crippen molar-refractivity contribution in [2.75, 3.05) is 17.2 Å². The molecule has 24 heavy (non-hydrogen) atoms. The van der Waals surface area contributed by atoms with Gasteiger partial charge in [0.2, 0.25) is 5.95 Å². The monoisotopic (exact) mass is 392 g/mol. The van der Waals surface area contributed by atoms with Crippen LogP contribution in [0.4, 0.5) is 11.8 Å². The van der Waals surface area contributed by atoms with Crippen molar-refractivity contribution in [3.05, 3.63) is 45.7 Å². The van der Waals surface area contributed by atoms with Crippen LogP contribution in [0.3, 0.4) is 0 Å². The smallest absolute Gasteiger partial charge is 0.229 e. The summed E-state index contributed by atoms with van der Waals surface area (Å²) in [5.74, 6) is 1.19. The number of aliphatic hydroxyl groups excluding tert-OH is 1. The van der Waals surface area contributed by atoms with Crippen LogP contribution in [0.5, 0.6) is 0 Å². The van der Waals surface area contributed by atoms with E-state index < -0.39 is 0 Å². The maximum Gasteiger partial charge on any atom is 0.229 e. The highest BCUT2D eigenvalue weighted by Crippen LogP contribution is 2.24. The molecule has 0 spiro atoms. The number of nitrogens with one attached hydrogen (secondary N) is 2. The third-order valence-corrected chi connectivity index (χ3v) is 4.41. The maximum atomic E-state index is 9.19. The summed E-state index contributed by atoms with van der Waals surface area (Å²) in [7, 11) is 0. The van der Waals surface area contributed by atoms with Crippen LogP contribution >= 0.6 is 15.9 Å². The van der Waals surface area contributed by atoms with Crippen LogP contribution in [-0.2, 0) is 0 Å². The summed E-state index contributed by atoms with van der Waals surface area (Å²) in [6, 6.07) is -0.0796. The SMILES string of the molecule is CCC1=CC(Nc2ncc(Br)c(N[C@H](C)CO)n2)=CCC(CC)=C1. The lowest BCUT2D eigenvalue weighted by Crippen LogP contribution is -2.20.